The quantitative estimate of drug-likeness (QED) is 0.228. The molecule has 0 fully saturated rings. The van der Waals surface area contributed by atoms with Gasteiger partial charge in [0.25, 0.3) is 5.91 Å². The van der Waals surface area contributed by atoms with Crippen molar-refractivity contribution in [3.8, 4) is 22.8 Å². The van der Waals surface area contributed by atoms with Crippen molar-refractivity contribution in [2.45, 2.75) is 26.2 Å². The number of amides is 1. The molecule has 0 spiro atoms. The first kappa shape index (κ1) is 24.1. The first-order chi connectivity index (χ1) is 16.0. The number of ether oxygens (including phenoxy) is 2. The largest absolute Gasteiger partial charge is 0.511 e. The fourth-order valence-corrected chi connectivity index (χ4v) is 3.27. The molecule has 33 heavy (non-hydrogen) atoms. The van der Waals surface area contributed by atoms with Crippen LogP contribution in [0.2, 0.25) is 5.02 Å². The van der Waals surface area contributed by atoms with Gasteiger partial charge in [-0.15, -0.1) is 0 Å². The van der Waals surface area contributed by atoms with Crippen molar-refractivity contribution < 1.29 is 24.2 Å². The van der Waals surface area contributed by atoms with E-state index >= 15 is 0 Å². The number of benzene rings is 2. The number of unbranched alkanes of at least 4 members (excludes halogenated alkanes) is 1. The van der Waals surface area contributed by atoms with Crippen LogP contribution in [-0.4, -0.2) is 35.3 Å². The molecule has 0 atom stereocenters. The molecule has 0 saturated heterocycles. The second-order valence-electron chi connectivity index (χ2n) is 7.30. The molecule has 0 unspecified atom stereocenters. The lowest BCUT2D eigenvalue weighted by atomic mass is 10.0. The molecular weight excluding hydrogens is 444 g/mol. The summed E-state index contributed by atoms with van der Waals surface area (Å²) in [5.74, 6) is 0.277. The number of nitrogens with one attached hydrogen (secondary N) is 1. The molecule has 0 aliphatic rings. The van der Waals surface area contributed by atoms with E-state index in [4.69, 9.17) is 21.4 Å². The first-order valence-electron chi connectivity index (χ1n) is 10.6. The Labute approximate surface area is 197 Å². The maximum Gasteiger partial charge on any atom is 0.511 e. The third kappa shape index (κ3) is 7.22. The average Bonchev–Trinajstić information content (AvgIpc) is 2.81. The van der Waals surface area contributed by atoms with Crippen LogP contribution in [0, 0.1) is 0 Å². The summed E-state index contributed by atoms with van der Waals surface area (Å²) in [5, 5.41) is 11.9. The van der Waals surface area contributed by atoms with Gasteiger partial charge in [0.1, 0.15) is 11.3 Å². The summed E-state index contributed by atoms with van der Waals surface area (Å²) >= 11 is 6.02. The van der Waals surface area contributed by atoms with Gasteiger partial charge in [-0.2, -0.15) is 0 Å². The molecule has 3 rings (SSSR count). The van der Waals surface area contributed by atoms with Gasteiger partial charge in [0.05, 0.1) is 11.6 Å². The third-order valence-electron chi connectivity index (χ3n) is 4.85. The van der Waals surface area contributed by atoms with Gasteiger partial charge < -0.3 is 19.9 Å². The number of halogens is 1. The number of nitrogens with zero attached hydrogens (tertiary/aromatic N) is 1. The third-order valence-corrected chi connectivity index (χ3v) is 5.05. The molecule has 8 heteroatoms. The van der Waals surface area contributed by atoms with Crippen molar-refractivity contribution in [1.29, 1.82) is 0 Å². The SMILES string of the molecule is CCCCOc1ncc(Cl)cc1C(=O)NCCc1ccc(-c2ccc(OC(=O)O)cc2)cc1. The number of carboxylic acid groups (broad SMARTS) is 1. The Morgan fingerprint density at radius 1 is 1.06 bits per heavy atom. The Hall–Kier alpha value is -3.58. The Balaban J connectivity index is 1.55. The van der Waals surface area contributed by atoms with E-state index in [-0.39, 0.29) is 17.5 Å². The van der Waals surface area contributed by atoms with Crippen molar-refractivity contribution in [2.24, 2.45) is 0 Å². The molecular formula is C25H25ClN2O5. The van der Waals surface area contributed by atoms with Crippen LogP contribution in [0.5, 0.6) is 11.6 Å². The van der Waals surface area contributed by atoms with Crippen LogP contribution in [0.1, 0.15) is 35.7 Å². The van der Waals surface area contributed by atoms with Gasteiger partial charge in [0, 0.05) is 12.7 Å². The molecule has 1 aromatic heterocycles. The summed E-state index contributed by atoms with van der Waals surface area (Å²) in [6.07, 6.45) is 2.64. The van der Waals surface area contributed by atoms with Crippen molar-refractivity contribution in [3.05, 3.63) is 76.9 Å². The first-order valence-corrected chi connectivity index (χ1v) is 11.0. The molecule has 2 aromatic carbocycles. The number of hydrogen-bond acceptors (Lipinski definition) is 5. The number of rotatable bonds is 10. The Bertz CT molecular complexity index is 1080. The summed E-state index contributed by atoms with van der Waals surface area (Å²) in [6.45, 7) is 3.00. The van der Waals surface area contributed by atoms with Crippen molar-refractivity contribution in [3.63, 3.8) is 0 Å². The molecule has 0 radical (unpaired) electrons. The standard InChI is InChI=1S/C25H25ClN2O5/c1-2-3-14-32-24-22(15-20(26)16-28-24)23(29)27-13-12-17-4-6-18(7-5-17)19-8-10-21(11-9-19)33-25(30)31/h4-11,15-16H,2-3,12-14H2,1H3,(H,27,29)(H,30,31). The lowest BCUT2D eigenvalue weighted by molar-refractivity contribution is 0.0948. The van der Waals surface area contributed by atoms with Gasteiger partial charge in [0.15, 0.2) is 0 Å². The Morgan fingerprint density at radius 2 is 1.73 bits per heavy atom. The predicted octanol–water partition coefficient (Wildman–Crippen LogP) is 5.61. The van der Waals surface area contributed by atoms with Gasteiger partial charge >= 0.3 is 6.16 Å². The number of aromatic nitrogens is 1. The monoisotopic (exact) mass is 468 g/mol. The fraction of sp³-hybridized carbons (Fsp3) is 0.240. The Morgan fingerprint density at radius 3 is 2.36 bits per heavy atom. The van der Waals surface area contributed by atoms with E-state index in [2.05, 4.69) is 22.0 Å². The van der Waals surface area contributed by atoms with Crippen LogP contribution in [0.4, 0.5) is 4.79 Å². The highest BCUT2D eigenvalue weighted by molar-refractivity contribution is 6.30. The second kappa shape index (κ2) is 11.9. The van der Waals surface area contributed by atoms with Gasteiger partial charge in [0.2, 0.25) is 5.88 Å². The number of hydrogen-bond donors (Lipinski definition) is 2. The smallest absolute Gasteiger partial charge is 0.477 e. The molecule has 2 N–H and O–H groups in total. The zero-order chi connectivity index (χ0) is 23.6. The predicted molar refractivity (Wildman–Crippen MR) is 126 cm³/mol. The molecule has 0 bridgehead atoms. The Kier molecular flexibility index (Phi) is 8.66. The van der Waals surface area contributed by atoms with Crippen molar-refractivity contribution >= 4 is 23.7 Å². The lowest BCUT2D eigenvalue weighted by Gasteiger charge is -2.11. The number of carbonyl (C=O) groups is 2. The van der Waals surface area contributed by atoms with Crippen LogP contribution in [0.15, 0.2) is 60.8 Å². The van der Waals surface area contributed by atoms with Crippen molar-refractivity contribution in [1.82, 2.24) is 10.3 Å². The van der Waals surface area contributed by atoms with E-state index in [1.807, 2.05) is 24.3 Å². The summed E-state index contributed by atoms with van der Waals surface area (Å²) in [7, 11) is 0. The lowest BCUT2D eigenvalue weighted by Crippen LogP contribution is -2.26. The van der Waals surface area contributed by atoms with Gasteiger partial charge in [-0.25, -0.2) is 9.78 Å². The maximum atomic E-state index is 12.6. The zero-order valence-corrected chi connectivity index (χ0v) is 19.0. The van der Waals surface area contributed by atoms with E-state index < -0.39 is 6.16 Å². The van der Waals surface area contributed by atoms with Crippen LogP contribution in [-0.2, 0) is 6.42 Å². The minimum atomic E-state index is -1.34. The molecule has 1 amide bonds. The number of carbonyl (C=O) groups excluding carboxylic acids is 1. The molecule has 0 aliphatic heterocycles. The highest BCUT2D eigenvalue weighted by Crippen LogP contribution is 2.23. The van der Waals surface area contributed by atoms with E-state index in [1.165, 1.54) is 6.20 Å². The zero-order valence-electron chi connectivity index (χ0n) is 18.2. The average molecular weight is 469 g/mol. The minimum Gasteiger partial charge on any atom is -0.477 e. The molecule has 3 aromatic rings. The van der Waals surface area contributed by atoms with Crippen molar-refractivity contribution in [2.75, 3.05) is 13.2 Å². The summed E-state index contributed by atoms with van der Waals surface area (Å²) in [4.78, 5) is 27.4. The normalized spacial score (nSPS) is 10.5. The minimum absolute atomic E-state index is 0.271. The van der Waals surface area contributed by atoms with Gasteiger partial charge in [-0.05, 0) is 47.7 Å². The highest BCUT2D eigenvalue weighted by Gasteiger charge is 2.15. The number of pyridine rings is 1. The fourth-order valence-electron chi connectivity index (χ4n) is 3.11. The molecule has 1 heterocycles. The molecule has 0 saturated carbocycles. The highest BCUT2D eigenvalue weighted by atomic mass is 35.5. The summed E-state index contributed by atoms with van der Waals surface area (Å²) in [5.41, 5.74) is 3.32. The van der Waals surface area contributed by atoms with E-state index in [0.29, 0.717) is 30.2 Å². The van der Waals surface area contributed by atoms with E-state index in [0.717, 1.165) is 29.5 Å². The molecule has 172 valence electrons. The van der Waals surface area contributed by atoms with Crippen LogP contribution in [0.3, 0.4) is 0 Å². The van der Waals surface area contributed by atoms with Crippen LogP contribution in [0.25, 0.3) is 11.1 Å². The molecule has 7 nitrogen and oxygen atoms in total. The topological polar surface area (TPSA) is 97.8 Å². The maximum absolute atomic E-state index is 12.6. The van der Waals surface area contributed by atoms with Crippen LogP contribution < -0.4 is 14.8 Å². The van der Waals surface area contributed by atoms with Crippen LogP contribution >= 0.6 is 11.6 Å². The van der Waals surface area contributed by atoms with E-state index in [9.17, 15) is 9.59 Å². The second-order valence-corrected chi connectivity index (χ2v) is 7.74. The van der Waals surface area contributed by atoms with Gasteiger partial charge in [-0.3, -0.25) is 4.79 Å². The summed E-state index contributed by atoms with van der Waals surface area (Å²) in [6, 6.07) is 16.3. The molecule has 0 aliphatic carbocycles. The van der Waals surface area contributed by atoms with E-state index in [1.54, 1.807) is 30.3 Å². The summed E-state index contributed by atoms with van der Waals surface area (Å²) < 4.78 is 10.3. The van der Waals surface area contributed by atoms with Gasteiger partial charge in [-0.1, -0.05) is 61.3 Å².